The first kappa shape index (κ1) is 17.2. The number of carbonyl (C=O) groups excluding carboxylic acids is 1. The van der Waals surface area contributed by atoms with E-state index in [0.717, 1.165) is 0 Å². The number of hydrogen-bond donors (Lipinski definition) is 1. The Kier molecular flexibility index (Phi) is 5.96. The van der Waals surface area contributed by atoms with Crippen molar-refractivity contribution < 1.29 is 19.0 Å². The first-order chi connectivity index (χ1) is 11.0. The standard InChI is InChI=1S/C16H15Cl2NO4/c1-21-10-5-6-11(16(19)20)14(9-10)22-7-8-23-15-12(17)3-2-4-13(15)18/h2-6,9H,7-8H2,1H3,(H2,19,20). The lowest BCUT2D eigenvalue weighted by atomic mass is 10.2. The molecule has 0 aliphatic rings. The Bertz CT molecular complexity index is 686. The number of benzene rings is 2. The Balaban J connectivity index is 2.00. The van der Waals surface area contributed by atoms with Crippen LogP contribution in [0.3, 0.4) is 0 Å². The summed E-state index contributed by atoms with van der Waals surface area (Å²) in [5.41, 5.74) is 5.58. The molecule has 0 fully saturated rings. The molecule has 2 aromatic rings. The molecule has 7 heteroatoms. The van der Waals surface area contributed by atoms with Crippen LogP contribution in [0.2, 0.25) is 10.0 Å². The zero-order valence-electron chi connectivity index (χ0n) is 12.3. The number of nitrogens with two attached hydrogens (primary N) is 1. The van der Waals surface area contributed by atoms with E-state index >= 15 is 0 Å². The van der Waals surface area contributed by atoms with Gasteiger partial charge in [-0.05, 0) is 24.3 Å². The Morgan fingerprint density at radius 2 is 1.74 bits per heavy atom. The molecular weight excluding hydrogens is 341 g/mol. The molecule has 0 saturated heterocycles. The smallest absolute Gasteiger partial charge is 0.252 e. The molecule has 0 aromatic heterocycles. The Labute approximate surface area is 143 Å². The third-order valence-electron chi connectivity index (χ3n) is 2.96. The van der Waals surface area contributed by atoms with Crippen molar-refractivity contribution in [2.75, 3.05) is 20.3 Å². The van der Waals surface area contributed by atoms with Crippen molar-refractivity contribution in [2.45, 2.75) is 0 Å². The molecule has 0 unspecified atom stereocenters. The predicted molar refractivity (Wildman–Crippen MR) is 89.0 cm³/mol. The molecule has 0 saturated carbocycles. The highest BCUT2D eigenvalue weighted by molar-refractivity contribution is 6.37. The second kappa shape index (κ2) is 7.94. The van der Waals surface area contributed by atoms with Crippen LogP contribution in [0.15, 0.2) is 36.4 Å². The van der Waals surface area contributed by atoms with Gasteiger partial charge in [-0.3, -0.25) is 4.79 Å². The minimum absolute atomic E-state index is 0.176. The highest BCUT2D eigenvalue weighted by Gasteiger charge is 2.11. The van der Waals surface area contributed by atoms with Crippen LogP contribution in [0.25, 0.3) is 0 Å². The summed E-state index contributed by atoms with van der Waals surface area (Å²) >= 11 is 12.0. The van der Waals surface area contributed by atoms with Crippen LogP contribution in [-0.4, -0.2) is 26.2 Å². The molecule has 5 nitrogen and oxygen atoms in total. The predicted octanol–water partition coefficient (Wildman–Crippen LogP) is 3.56. The van der Waals surface area contributed by atoms with Crippen LogP contribution >= 0.6 is 23.2 Å². The number of primary amides is 1. The summed E-state index contributed by atoms with van der Waals surface area (Å²) < 4.78 is 16.2. The molecular formula is C16H15Cl2NO4. The van der Waals surface area contributed by atoms with Crippen LogP contribution in [0.1, 0.15) is 10.4 Å². The monoisotopic (exact) mass is 355 g/mol. The van der Waals surface area contributed by atoms with E-state index in [1.807, 2.05) is 0 Å². The topological polar surface area (TPSA) is 70.8 Å². The van der Waals surface area contributed by atoms with Gasteiger partial charge in [-0.25, -0.2) is 0 Å². The van der Waals surface area contributed by atoms with Crippen molar-refractivity contribution in [3.8, 4) is 17.2 Å². The van der Waals surface area contributed by atoms with Gasteiger partial charge in [0.1, 0.15) is 24.7 Å². The molecule has 0 bridgehead atoms. The minimum Gasteiger partial charge on any atom is -0.497 e. The minimum atomic E-state index is -0.585. The molecule has 0 radical (unpaired) electrons. The maximum Gasteiger partial charge on any atom is 0.252 e. The number of para-hydroxylation sites is 1. The molecule has 0 heterocycles. The molecule has 23 heavy (non-hydrogen) atoms. The van der Waals surface area contributed by atoms with Crippen molar-refractivity contribution in [1.82, 2.24) is 0 Å². The fourth-order valence-electron chi connectivity index (χ4n) is 1.87. The first-order valence-corrected chi connectivity index (χ1v) is 7.46. The lowest BCUT2D eigenvalue weighted by Crippen LogP contribution is -2.15. The zero-order valence-corrected chi connectivity index (χ0v) is 13.9. The van der Waals surface area contributed by atoms with Crippen molar-refractivity contribution in [3.05, 3.63) is 52.0 Å². The van der Waals surface area contributed by atoms with Crippen LogP contribution in [0.4, 0.5) is 0 Å². The molecule has 0 spiro atoms. The SMILES string of the molecule is COc1ccc(C(N)=O)c(OCCOc2c(Cl)cccc2Cl)c1. The summed E-state index contributed by atoms with van der Waals surface area (Å²) in [7, 11) is 1.52. The van der Waals surface area contributed by atoms with Crippen molar-refractivity contribution in [2.24, 2.45) is 5.73 Å². The van der Waals surface area contributed by atoms with E-state index in [-0.39, 0.29) is 18.8 Å². The van der Waals surface area contributed by atoms with E-state index in [9.17, 15) is 4.79 Å². The van der Waals surface area contributed by atoms with Gasteiger partial charge >= 0.3 is 0 Å². The molecule has 2 N–H and O–H groups in total. The quantitative estimate of drug-likeness (QED) is 0.770. The number of carbonyl (C=O) groups is 1. The van der Waals surface area contributed by atoms with Crippen molar-refractivity contribution in [1.29, 1.82) is 0 Å². The number of ether oxygens (including phenoxy) is 3. The molecule has 0 aliphatic carbocycles. The molecule has 2 aromatic carbocycles. The summed E-state index contributed by atoms with van der Waals surface area (Å²) in [4.78, 5) is 11.4. The molecule has 122 valence electrons. The summed E-state index contributed by atoms with van der Waals surface area (Å²) in [6.07, 6.45) is 0. The number of amides is 1. The van der Waals surface area contributed by atoms with Gasteiger partial charge in [0, 0.05) is 6.07 Å². The average molecular weight is 356 g/mol. The Hall–Kier alpha value is -2.11. The van der Waals surface area contributed by atoms with E-state index in [1.165, 1.54) is 7.11 Å². The number of rotatable bonds is 7. The summed E-state index contributed by atoms with van der Waals surface area (Å²) in [5, 5.41) is 0.827. The highest BCUT2D eigenvalue weighted by Crippen LogP contribution is 2.32. The maximum atomic E-state index is 11.4. The van der Waals surface area contributed by atoms with E-state index in [2.05, 4.69) is 0 Å². The normalized spacial score (nSPS) is 10.2. The fourth-order valence-corrected chi connectivity index (χ4v) is 2.37. The summed E-state index contributed by atoms with van der Waals surface area (Å²) in [5.74, 6) is 0.684. The number of methoxy groups -OCH3 is 1. The van der Waals surface area contributed by atoms with Crippen LogP contribution in [-0.2, 0) is 0 Å². The lowest BCUT2D eigenvalue weighted by molar-refractivity contribution is 0.0995. The second-order valence-corrected chi connectivity index (χ2v) is 5.29. The Morgan fingerprint density at radius 1 is 1.09 bits per heavy atom. The van der Waals surface area contributed by atoms with E-state index in [0.29, 0.717) is 27.3 Å². The first-order valence-electron chi connectivity index (χ1n) is 6.70. The van der Waals surface area contributed by atoms with Gasteiger partial charge in [-0.15, -0.1) is 0 Å². The van der Waals surface area contributed by atoms with Gasteiger partial charge in [0.15, 0.2) is 5.75 Å². The van der Waals surface area contributed by atoms with Gasteiger partial charge in [0.2, 0.25) is 0 Å². The van der Waals surface area contributed by atoms with Crippen LogP contribution in [0, 0.1) is 0 Å². The van der Waals surface area contributed by atoms with Gasteiger partial charge in [0.25, 0.3) is 5.91 Å². The number of hydrogen-bond acceptors (Lipinski definition) is 4. The highest BCUT2D eigenvalue weighted by atomic mass is 35.5. The third kappa shape index (κ3) is 4.43. The molecule has 2 rings (SSSR count). The van der Waals surface area contributed by atoms with Crippen LogP contribution < -0.4 is 19.9 Å². The van der Waals surface area contributed by atoms with Gasteiger partial charge in [0.05, 0.1) is 22.7 Å². The van der Waals surface area contributed by atoms with Crippen LogP contribution in [0.5, 0.6) is 17.2 Å². The molecule has 0 aliphatic heterocycles. The Morgan fingerprint density at radius 3 is 2.35 bits per heavy atom. The van der Waals surface area contributed by atoms with Crippen molar-refractivity contribution >= 4 is 29.1 Å². The largest absolute Gasteiger partial charge is 0.497 e. The lowest BCUT2D eigenvalue weighted by Gasteiger charge is -2.13. The summed E-state index contributed by atoms with van der Waals surface area (Å²) in [6.45, 7) is 0.369. The zero-order chi connectivity index (χ0) is 16.8. The second-order valence-electron chi connectivity index (χ2n) is 4.47. The third-order valence-corrected chi connectivity index (χ3v) is 3.56. The maximum absolute atomic E-state index is 11.4. The van der Waals surface area contributed by atoms with Gasteiger partial charge < -0.3 is 19.9 Å². The fraction of sp³-hybridized carbons (Fsp3) is 0.188. The van der Waals surface area contributed by atoms with E-state index in [1.54, 1.807) is 36.4 Å². The van der Waals surface area contributed by atoms with Crippen molar-refractivity contribution in [3.63, 3.8) is 0 Å². The number of halogens is 2. The van der Waals surface area contributed by atoms with E-state index in [4.69, 9.17) is 43.1 Å². The van der Waals surface area contributed by atoms with E-state index < -0.39 is 5.91 Å². The average Bonchev–Trinajstić information content (AvgIpc) is 2.53. The summed E-state index contributed by atoms with van der Waals surface area (Å²) in [6, 6.07) is 9.84. The molecule has 1 amide bonds. The van der Waals surface area contributed by atoms with Gasteiger partial charge in [-0.2, -0.15) is 0 Å². The van der Waals surface area contributed by atoms with Gasteiger partial charge in [-0.1, -0.05) is 29.3 Å². The molecule has 0 atom stereocenters.